The summed E-state index contributed by atoms with van der Waals surface area (Å²) in [5.74, 6) is 0.467. The number of benzene rings is 2. The molecule has 0 spiro atoms. The number of aryl methyl sites for hydroxylation is 1. The first-order valence-corrected chi connectivity index (χ1v) is 11.8. The average molecular weight is 450 g/mol. The Hall–Kier alpha value is -2.90. The summed E-state index contributed by atoms with van der Waals surface area (Å²) < 4.78 is 0. The second-order valence-electron chi connectivity index (χ2n) is 7.56. The average Bonchev–Trinajstić information content (AvgIpc) is 3.09. The predicted octanol–water partition coefficient (Wildman–Crippen LogP) is 5.81. The van der Waals surface area contributed by atoms with E-state index in [1.54, 1.807) is 0 Å². The Morgan fingerprint density at radius 2 is 1.84 bits per heavy atom. The Bertz CT molecular complexity index is 1280. The van der Waals surface area contributed by atoms with Crippen molar-refractivity contribution in [2.75, 3.05) is 11.1 Å². The molecule has 0 atom stereocenters. The Morgan fingerprint density at radius 3 is 2.52 bits per heavy atom. The van der Waals surface area contributed by atoms with Crippen molar-refractivity contribution in [2.45, 2.75) is 31.8 Å². The summed E-state index contributed by atoms with van der Waals surface area (Å²) in [7, 11) is 0. The fourth-order valence-electron chi connectivity index (χ4n) is 3.40. The number of carbonyl (C=O) groups is 1. The number of anilines is 1. The molecule has 0 radical (unpaired) electrons. The normalized spacial score (nSPS) is 11.2. The molecule has 158 valence electrons. The van der Waals surface area contributed by atoms with Crippen molar-refractivity contribution in [3.05, 3.63) is 75.4 Å². The van der Waals surface area contributed by atoms with Crippen LogP contribution in [0.1, 0.15) is 30.2 Å². The molecule has 0 aliphatic heterocycles. The first-order valence-electron chi connectivity index (χ1n) is 10.0. The van der Waals surface area contributed by atoms with Crippen LogP contribution in [0.3, 0.4) is 0 Å². The van der Waals surface area contributed by atoms with Crippen LogP contribution in [0, 0.1) is 6.92 Å². The van der Waals surface area contributed by atoms with E-state index in [1.165, 1.54) is 28.7 Å². The Kier molecular flexibility index (Phi) is 6.25. The Morgan fingerprint density at radius 1 is 1.13 bits per heavy atom. The molecule has 2 aromatic carbocycles. The molecule has 2 heterocycles. The van der Waals surface area contributed by atoms with Gasteiger partial charge in [-0.25, -0.2) is 4.98 Å². The molecule has 0 unspecified atom stereocenters. The Balaban J connectivity index is 1.49. The highest BCUT2D eigenvalue weighted by Crippen LogP contribution is 2.35. The van der Waals surface area contributed by atoms with E-state index in [-0.39, 0.29) is 17.2 Å². The van der Waals surface area contributed by atoms with Gasteiger partial charge in [0.05, 0.1) is 11.1 Å². The first kappa shape index (κ1) is 21.3. The van der Waals surface area contributed by atoms with Crippen molar-refractivity contribution in [2.24, 2.45) is 0 Å². The molecule has 4 rings (SSSR count). The molecule has 0 bridgehead atoms. The number of carbonyl (C=O) groups excluding carboxylic acids is 1. The maximum atomic E-state index is 12.8. The van der Waals surface area contributed by atoms with Gasteiger partial charge in [-0.1, -0.05) is 68.1 Å². The van der Waals surface area contributed by atoms with Gasteiger partial charge in [-0.15, -0.1) is 11.3 Å². The fourth-order valence-corrected chi connectivity index (χ4v) is 5.17. The molecule has 2 N–H and O–H groups in total. The molecule has 0 fully saturated rings. The third-order valence-electron chi connectivity index (χ3n) is 4.98. The van der Waals surface area contributed by atoms with Gasteiger partial charge >= 0.3 is 0 Å². The zero-order chi connectivity index (χ0) is 22.0. The number of hydrogen-bond acceptors (Lipinski definition) is 5. The quantitative estimate of drug-likeness (QED) is 0.288. The zero-order valence-corrected chi connectivity index (χ0v) is 19.2. The molecule has 0 saturated carbocycles. The van der Waals surface area contributed by atoms with Gasteiger partial charge in [0.1, 0.15) is 4.83 Å². The maximum absolute atomic E-state index is 12.8. The second kappa shape index (κ2) is 9.08. The van der Waals surface area contributed by atoms with Crippen LogP contribution in [0.25, 0.3) is 21.3 Å². The van der Waals surface area contributed by atoms with E-state index in [4.69, 9.17) is 0 Å². The number of aromatic amines is 1. The number of thioether (sulfide) groups is 1. The molecule has 5 nitrogen and oxygen atoms in total. The van der Waals surface area contributed by atoms with Crippen LogP contribution in [0.2, 0.25) is 0 Å². The molecule has 4 aromatic rings. The van der Waals surface area contributed by atoms with Crippen molar-refractivity contribution in [1.29, 1.82) is 0 Å². The minimum atomic E-state index is -0.180. The third-order valence-corrected chi connectivity index (χ3v) is 6.85. The van der Waals surface area contributed by atoms with Crippen molar-refractivity contribution < 1.29 is 4.79 Å². The molecule has 0 aliphatic rings. The van der Waals surface area contributed by atoms with Crippen molar-refractivity contribution >= 4 is 44.9 Å². The number of fused-ring (bicyclic) bond motifs is 1. The van der Waals surface area contributed by atoms with Gasteiger partial charge in [0, 0.05) is 16.1 Å². The highest BCUT2D eigenvalue weighted by atomic mass is 32.2. The van der Waals surface area contributed by atoms with Crippen molar-refractivity contribution in [3.63, 3.8) is 0 Å². The fraction of sp³-hybridized carbons (Fsp3) is 0.208. The van der Waals surface area contributed by atoms with E-state index in [0.717, 1.165) is 21.7 Å². The number of aromatic nitrogens is 2. The van der Waals surface area contributed by atoms with Crippen molar-refractivity contribution in [3.8, 4) is 11.1 Å². The number of rotatable bonds is 6. The minimum absolute atomic E-state index is 0.141. The monoisotopic (exact) mass is 449 g/mol. The lowest BCUT2D eigenvalue weighted by atomic mass is 10.0. The number of amides is 1. The topological polar surface area (TPSA) is 74.8 Å². The van der Waals surface area contributed by atoms with Crippen LogP contribution >= 0.6 is 23.1 Å². The van der Waals surface area contributed by atoms with Gasteiger partial charge in [0.25, 0.3) is 5.56 Å². The van der Waals surface area contributed by atoms with Gasteiger partial charge in [0.15, 0.2) is 5.16 Å². The largest absolute Gasteiger partial charge is 0.325 e. The minimum Gasteiger partial charge on any atom is -0.325 e. The second-order valence-corrected chi connectivity index (χ2v) is 9.73. The van der Waals surface area contributed by atoms with E-state index in [9.17, 15) is 9.59 Å². The van der Waals surface area contributed by atoms with Gasteiger partial charge in [0.2, 0.25) is 5.91 Å². The molecule has 0 saturated heterocycles. The number of thiophene rings is 1. The summed E-state index contributed by atoms with van der Waals surface area (Å²) in [6.07, 6.45) is 0. The summed E-state index contributed by atoms with van der Waals surface area (Å²) >= 11 is 2.72. The van der Waals surface area contributed by atoms with Crippen LogP contribution < -0.4 is 10.9 Å². The van der Waals surface area contributed by atoms with Gasteiger partial charge in [-0.3, -0.25) is 9.59 Å². The molecule has 31 heavy (non-hydrogen) atoms. The summed E-state index contributed by atoms with van der Waals surface area (Å²) in [5, 5.41) is 3.94. The number of hydrogen-bond donors (Lipinski definition) is 2. The van der Waals surface area contributed by atoms with E-state index in [2.05, 4.69) is 29.1 Å². The van der Waals surface area contributed by atoms with E-state index < -0.39 is 0 Å². The summed E-state index contributed by atoms with van der Waals surface area (Å²) in [6.45, 7) is 6.26. The Labute approximate surface area is 188 Å². The van der Waals surface area contributed by atoms with Gasteiger partial charge in [-0.2, -0.15) is 0 Å². The summed E-state index contributed by atoms with van der Waals surface area (Å²) in [6, 6.07) is 17.7. The number of nitrogens with one attached hydrogen (secondary N) is 2. The van der Waals surface area contributed by atoms with Crippen LogP contribution in [0.15, 0.2) is 64.5 Å². The third kappa shape index (κ3) is 4.73. The van der Waals surface area contributed by atoms with E-state index >= 15 is 0 Å². The smallest absolute Gasteiger partial charge is 0.260 e. The van der Waals surface area contributed by atoms with Gasteiger partial charge in [-0.05, 0) is 36.1 Å². The summed E-state index contributed by atoms with van der Waals surface area (Å²) in [5.41, 5.74) is 3.73. The van der Waals surface area contributed by atoms with Crippen LogP contribution in [0.4, 0.5) is 5.69 Å². The highest BCUT2D eigenvalue weighted by Gasteiger charge is 2.17. The standard InChI is InChI=1S/C24H23N3O2S2/c1-14(2)16-9-11-18(12-10-16)25-19(28)13-30-24-26-22(29)21-20(15(3)31-23(21)27-24)17-7-5-4-6-8-17/h4-12,14H,13H2,1-3H3,(H,25,28)(H,26,27,29). The summed E-state index contributed by atoms with van der Waals surface area (Å²) in [4.78, 5) is 34.3. The van der Waals surface area contributed by atoms with Crippen LogP contribution in [-0.2, 0) is 4.79 Å². The first-order chi connectivity index (χ1) is 14.9. The lowest BCUT2D eigenvalue weighted by Crippen LogP contribution is -2.15. The van der Waals surface area contributed by atoms with Crippen LogP contribution in [0.5, 0.6) is 0 Å². The number of H-pyrrole nitrogens is 1. The molecule has 7 heteroatoms. The van der Waals surface area contributed by atoms with E-state index in [1.807, 2.05) is 61.5 Å². The van der Waals surface area contributed by atoms with Gasteiger partial charge < -0.3 is 10.3 Å². The lowest BCUT2D eigenvalue weighted by molar-refractivity contribution is -0.113. The maximum Gasteiger partial charge on any atom is 0.260 e. The molecule has 1 amide bonds. The van der Waals surface area contributed by atoms with Crippen molar-refractivity contribution in [1.82, 2.24) is 9.97 Å². The molecular formula is C24H23N3O2S2. The number of nitrogens with zero attached hydrogens (tertiary/aromatic N) is 1. The molecular weight excluding hydrogens is 426 g/mol. The molecule has 0 aliphatic carbocycles. The van der Waals surface area contributed by atoms with Crippen LogP contribution in [-0.4, -0.2) is 21.6 Å². The molecule has 2 aromatic heterocycles. The van der Waals surface area contributed by atoms with E-state index in [0.29, 0.717) is 21.3 Å². The predicted molar refractivity (Wildman–Crippen MR) is 130 cm³/mol. The zero-order valence-electron chi connectivity index (χ0n) is 17.6. The lowest BCUT2D eigenvalue weighted by Gasteiger charge is -2.08. The SMILES string of the molecule is Cc1sc2nc(SCC(=O)Nc3ccc(C(C)C)cc3)[nH]c(=O)c2c1-c1ccccc1. The highest BCUT2D eigenvalue weighted by molar-refractivity contribution is 7.99.